The van der Waals surface area contributed by atoms with Gasteiger partial charge in [-0.05, 0) is 18.2 Å². The van der Waals surface area contributed by atoms with Gasteiger partial charge < -0.3 is 5.11 Å². The summed E-state index contributed by atoms with van der Waals surface area (Å²) in [6.07, 6.45) is 0.156. The van der Waals surface area contributed by atoms with E-state index in [1.165, 1.54) is 0 Å². The van der Waals surface area contributed by atoms with Crippen molar-refractivity contribution in [2.45, 2.75) is 13.3 Å². The van der Waals surface area contributed by atoms with Crippen molar-refractivity contribution in [1.29, 1.82) is 0 Å². The van der Waals surface area contributed by atoms with Crippen molar-refractivity contribution < 1.29 is 19.1 Å². The quantitative estimate of drug-likeness (QED) is 0.753. The number of carbonyl (C=O) groups excluding carboxylic acids is 1. The Morgan fingerprint density at radius 2 is 2.00 bits per heavy atom. The fourth-order valence-electron chi connectivity index (χ4n) is 1.12. The second-order valence-electron chi connectivity index (χ2n) is 2.77. The molecule has 1 aromatic rings. The molecule has 3 nitrogen and oxygen atoms in total. The van der Waals surface area contributed by atoms with E-state index in [0.29, 0.717) is 0 Å². The number of hydrogen-bond donors (Lipinski definition) is 1. The lowest BCUT2D eigenvalue weighted by Gasteiger charge is -2.03. The molecule has 0 unspecified atom stereocenters. The Labute approximate surface area is 80.2 Å². The van der Waals surface area contributed by atoms with Crippen LogP contribution in [0, 0.1) is 5.82 Å². The molecular weight excluding hydrogens is 187 g/mol. The Balaban J connectivity index is 3.29. The zero-order valence-corrected chi connectivity index (χ0v) is 7.58. The molecular formula is C10H9FO3. The van der Waals surface area contributed by atoms with Crippen LogP contribution in [-0.2, 0) is 0 Å². The molecule has 1 rings (SSSR count). The third-order valence-electron chi connectivity index (χ3n) is 1.83. The van der Waals surface area contributed by atoms with Gasteiger partial charge in [0.25, 0.3) is 0 Å². The lowest BCUT2D eigenvalue weighted by molar-refractivity contribution is 0.0692. The lowest BCUT2D eigenvalue weighted by Crippen LogP contribution is -2.08. The smallest absolute Gasteiger partial charge is 0.336 e. The van der Waals surface area contributed by atoms with Crippen LogP contribution in [0.15, 0.2) is 18.2 Å². The highest BCUT2D eigenvalue weighted by molar-refractivity contribution is 6.05. The van der Waals surface area contributed by atoms with Crippen LogP contribution in [0.3, 0.4) is 0 Å². The lowest BCUT2D eigenvalue weighted by atomic mass is 10.0. The zero-order chi connectivity index (χ0) is 10.7. The van der Waals surface area contributed by atoms with Gasteiger partial charge in [-0.25, -0.2) is 9.18 Å². The molecule has 0 aromatic heterocycles. The number of rotatable bonds is 3. The molecule has 0 saturated heterocycles. The van der Waals surface area contributed by atoms with Crippen molar-refractivity contribution >= 4 is 11.8 Å². The number of carboxylic acids is 1. The Bertz CT molecular complexity index is 385. The minimum atomic E-state index is -1.22. The summed E-state index contributed by atoms with van der Waals surface area (Å²) in [5, 5.41) is 8.73. The number of carbonyl (C=O) groups is 2. The van der Waals surface area contributed by atoms with Gasteiger partial charge in [-0.2, -0.15) is 0 Å². The number of Topliss-reactive ketones (excluding diaryl/α,β-unsaturated/α-hetero) is 1. The predicted octanol–water partition coefficient (Wildman–Crippen LogP) is 2.12. The SMILES string of the molecule is CCC(=O)c1cc(F)ccc1C(=O)O. The van der Waals surface area contributed by atoms with E-state index in [1.54, 1.807) is 6.92 Å². The van der Waals surface area contributed by atoms with Crippen molar-refractivity contribution in [3.05, 3.63) is 35.1 Å². The van der Waals surface area contributed by atoms with Crippen molar-refractivity contribution in [2.24, 2.45) is 0 Å². The average Bonchev–Trinajstić information content (AvgIpc) is 2.16. The molecule has 1 N–H and O–H groups in total. The highest BCUT2D eigenvalue weighted by Gasteiger charge is 2.15. The molecule has 0 aliphatic heterocycles. The fraction of sp³-hybridized carbons (Fsp3) is 0.200. The van der Waals surface area contributed by atoms with E-state index < -0.39 is 11.8 Å². The summed E-state index contributed by atoms with van der Waals surface area (Å²) in [5.74, 6) is -2.20. The van der Waals surface area contributed by atoms with Gasteiger partial charge in [0, 0.05) is 12.0 Å². The Kier molecular flexibility index (Phi) is 2.96. The van der Waals surface area contributed by atoms with Crippen LogP contribution in [0.2, 0.25) is 0 Å². The second-order valence-corrected chi connectivity index (χ2v) is 2.77. The van der Waals surface area contributed by atoms with Crippen LogP contribution in [-0.4, -0.2) is 16.9 Å². The number of aromatic carboxylic acids is 1. The Hall–Kier alpha value is -1.71. The first kappa shape index (κ1) is 10.4. The molecule has 0 bridgehead atoms. The maximum Gasteiger partial charge on any atom is 0.336 e. The van der Waals surface area contributed by atoms with Gasteiger partial charge in [0.1, 0.15) is 5.82 Å². The van der Waals surface area contributed by atoms with Crippen molar-refractivity contribution in [3.63, 3.8) is 0 Å². The van der Waals surface area contributed by atoms with E-state index in [9.17, 15) is 14.0 Å². The van der Waals surface area contributed by atoms with Gasteiger partial charge in [-0.15, -0.1) is 0 Å². The first-order chi connectivity index (χ1) is 6.56. The molecule has 0 amide bonds. The number of halogens is 1. The molecule has 4 heteroatoms. The Morgan fingerprint density at radius 1 is 1.36 bits per heavy atom. The molecule has 0 saturated carbocycles. The molecule has 0 aliphatic carbocycles. The maximum atomic E-state index is 12.8. The van der Waals surface area contributed by atoms with E-state index in [2.05, 4.69) is 0 Å². The summed E-state index contributed by atoms with van der Waals surface area (Å²) >= 11 is 0. The van der Waals surface area contributed by atoms with Crippen LogP contribution >= 0.6 is 0 Å². The van der Waals surface area contributed by atoms with Crippen LogP contribution in [0.5, 0.6) is 0 Å². The third kappa shape index (κ3) is 1.96. The number of hydrogen-bond acceptors (Lipinski definition) is 2. The van der Waals surface area contributed by atoms with Crippen molar-refractivity contribution in [2.75, 3.05) is 0 Å². The molecule has 14 heavy (non-hydrogen) atoms. The predicted molar refractivity (Wildman–Crippen MR) is 48.0 cm³/mol. The summed E-state index contributed by atoms with van der Waals surface area (Å²) in [6, 6.07) is 3.08. The standard InChI is InChI=1S/C10H9FO3/c1-2-9(12)8-5-6(11)3-4-7(8)10(13)14/h3-5H,2H2,1H3,(H,13,14). The van der Waals surface area contributed by atoms with E-state index in [1.807, 2.05) is 0 Å². The van der Waals surface area contributed by atoms with Gasteiger partial charge in [0.05, 0.1) is 5.56 Å². The highest BCUT2D eigenvalue weighted by atomic mass is 19.1. The van der Waals surface area contributed by atoms with E-state index in [4.69, 9.17) is 5.11 Å². The van der Waals surface area contributed by atoms with Gasteiger partial charge in [-0.1, -0.05) is 6.92 Å². The normalized spacial score (nSPS) is 9.86. The third-order valence-corrected chi connectivity index (χ3v) is 1.83. The van der Waals surface area contributed by atoms with Crippen molar-refractivity contribution in [1.82, 2.24) is 0 Å². The number of benzene rings is 1. The maximum absolute atomic E-state index is 12.8. The van der Waals surface area contributed by atoms with Gasteiger partial charge in [0.15, 0.2) is 5.78 Å². The minimum absolute atomic E-state index is 0.0694. The second kappa shape index (κ2) is 4.00. The van der Waals surface area contributed by atoms with Crippen LogP contribution in [0.25, 0.3) is 0 Å². The largest absolute Gasteiger partial charge is 0.478 e. The first-order valence-corrected chi connectivity index (χ1v) is 4.12. The molecule has 74 valence electrons. The Morgan fingerprint density at radius 3 is 2.50 bits per heavy atom. The summed E-state index contributed by atoms with van der Waals surface area (Å²) < 4.78 is 12.8. The van der Waals surface area contributed by atoms with E-state index >= 15 is 0 Å². The molecule has 0 atom stereocenters. The molecule has 0 heterocycles. The average molecular weight is 196 g/mol. The van der Waals surface area contributed by atoms with Gasteiger partial charge in [0.2, 0.25) is 0 Å². The molecule has 0 radical (unpaired) electrons. The van der Waals surface area contributed by atoms with Crippen LogP contribution in [0.4, 0.5) is 4.39 Å². The highest BCUT2D eigenvalue weighted by Crippen LogP contribution is 2.13. The van der Waals surface area contributed by atoms with E-state index in [-0.39, 0.29) is 23.3 Å². The zero-order valence-electron chi connectivity index (χ0n) is 7.58. The monoisotopic (exact) mass is 196 g/mol. The topological polar surface area (TPSA) is 54.4 Å². The number of ketones is 1. The summed E-state index contributed by atoms with van der Waals surface area (Å²) in [5.41, 5.74) is -0.224. The van der Waals surface area contributed by atoms with Crippen molar-refractivity contribution in [3.8, 4) is 0 Å². The first-order valence-electron chi connectivity index (χ1n) is 4.12. The summed E-state index contributed by atoms with van der Waals surface area (Å²) in [7, 11) is 0. The minimum Gasteiger partial charge on any atom is -0.478 e. The van der Waals surface area contributed by atoms with Crippen LogP contribution < -0.4 is 0 Å². The van der Waals surface area contributed by atoms with Gasteiger partial charge in [-0.3, -0.25) is 4.79 Å². The summed E-state index contributed by atoms with van der Waals surface area (Å²) in [4.78, 5) is 21.9. The summed E-state index contributed by atoms with van der Waals surface area (Å²) in [6.45, 7) is 1.60. The van der Waals surface area contributed by atoms with E-state index in [0.717, 1.165) is 18.2 Å². The van der Waals surface area contributed by atoms with Gasteiger partial charge >= 0.3 is 5.97 Å². The molecule has 0 aliphatic rings. The molecule has 0 spiro atoms. The number of carboxylic acid groups (broad SMARTS) is 1. The fourth-order valence-corrected chi connectivity index (χ4v) is 1.12. The van der Waals surface area contributed by atoms with Crippen LogP contribution in [0.1, 0.15) is 34.1 Å². The molecule has 1 aromatic carbocycles. The molecule has 0 fully saturated rings.